The second-order valence-electron chi connectivity index (χ2n) is 6.01. The summed E-state index contributed by atoms with van der Waals surface area (Å²) in [5, 5.41) is 0. The van der Waals surface area contributed by atoms with E-state index < -0.39 is 10.8 Å². The molecule has 2 fully saturated rings. The van der Waals surface area contributed by atoms with Crippen LogP contribution in [-0.4, -0.2) is 72.0 Å². The van der Waals surface area contributed by atoms with E-state index in [4.69, 9.17) is 14.7 Å². The molecular weight excluding hydrogens is 324 g/mol. The third-order valence-electron chi connectivity index (χ3n) is 4.26. The van der Waals surface area contributed by atoms with E-state index in [0.717, 1.165) is 54.9 Å². The van der Waals surface area contributed by atoms with Crippen molar-refractivity contribution < 1.29 is 8.95 Å². The number of hydrogen-bond acceptors (Lipinski definition) is 3. The van der Waals surface area contributed by atoms with Gasteiger partial charge in [-0.3, -0.25) is 4.21 Å². The fraction of sp³-hybridized carbons (Fsp3) is 0.529. The van der Waals surface area contributed by atoms with Crippen LogP contribution in [0.25, 0.3) is 0 Å². The smallest absolute Gasteiger partial charge is 0.227 e. The maximum absolute atomic E-state index is 11.5. The summed E-state index contributed by atoms with van der Waals surface area (Å²) >= 11 is 0. The van der Waals surface area contributed by atoms with Crippen LogP contribution in [0.4, 0.5) is 5.69 Å². The first kappa shape index (κ1) is 17.1. The first-order valence-electron chi connectivity index (χ1n) is 8.27. The summed E-state index contributed by atoms with van der Waals surface area (Å²) in [6.07, 6.45) is 3.82. The largest absolute Gasteiger partial charge is 0.378 e. The molecule has 1 atom stereocenters. The van der Waals surface area contributed by atoms with Crippen LogP contribution in [0.2, 0.25) is 0 Å². The minimum Gasteiger partial charge on any atom is -0.378 e. The lowest BCUT2D eigenvalue weighted by atomic mass is 10.3. The van der Waals surface area contributed by atoms with E-state index in [-0.39, 0.29) is 0 Å². The van der Waals surface area contributed by atoms with Crippen LogP contribution in [0.5, 0.6) is 0 Å². The van der Waals surface area contributed by atoms with Gasteiger partial charge in [-0.1, -0.05) is 0 Å². The lowest BCUT2D eigenvalue weighted by Crippen LogP contribution is -2.40. The van der Waals surface area contributed by atoms with Gasteiger partial charge < -0.3 is 14.5 Å². The van der Waals surface area contributed by atoms with E-state index in [1.165, 1.54) is 0 Å². The fourth-order valence-corrected chi connectivity index (χ4v) is 3.33. The Hall–Kier alpha value is -1.73. The maximum atomic E-state index is 11.5. The molecule has 1 aromatic carbocycles. The highest BCUT2D eigenvalue weighted by molar-refractivity contribution is 7.84. The van der Waals surface area contributed by atoms with Gasteiger partial charge in [-0.15, -0.1) is 0 Å². The van der Waals surface area contributed by atoms with Crippen LogP contribution in [0.1, 0.15) is 12.8 Å². The Bertz CT molecular complexity index is 651. The van der Waals surface area contributed by atoms with E-state index >= 15 is 0 Å². The Balaban J connectivity index is 1.89. The molecule has 0 aliphatic carbocycles. The number of morpholine rings is 1. The van der Waals surface area contributed by atoms with Gasteiger partial charge in [0.15, 0.2) is 0 Å². The molecular formula is C17H24N4O2S. The summed E-state index contributed by atoms with van der Waals surface area (Å²) in [6, 6.07) is 7.52. The van der Waals surface area contributed by atoms with Crippen LogP contribution >= 0.6 is 0 Å². The second-order valence-corrected chi connectivity index (χ2v) is 7.39. The van der Waals surface area contributed by atoms with Crippen LogP contribution in [-0.2, 0) is 15.5 Å². The van der Waals surface area contributed by atoms with Gasteiger partial charge in [-0.05, 0) is 30.7 Å². The lowest BCUT2D eigenvalue weighted by molar-refractivity contribution is 0.0676. The van der Waals surface area contributed by atoms with Crippen molar-refractivity contribution in [2.24, 2.45) is 9.98 Å². The average molecular weight is 348 g/mol. The Kier molecular flexibility index (Phi) is 5.63. The number of benzene rings is 1. The second kappa shape index (κ2) is 7.90. The molecule has 0 saturated carbocycles. The van der Waals surface area contributed by atoms with Crippen molar-refractivity contribution in [2.75, 3.05) is 46.2 Å². The number of guanidine groups is 1. The normalized spacial score (nSPS) is 22.2. The zero-order valence-corrected chi connectivity index (χ0v) is 15.1. The summed E-state index contributed by atoms with van der Waals surface area (Å²) in [5.41, 5.74) is 0.829. The van der Waals surface area contributed by atoms with Crippen molar-refractivity contribution in [3.63, 3.8) is 0 Å². The van der Waals surface area contributed by atoms with Gasteiger partial charge in [-0.25, -0.2) is 4.99 Å². The van der Waals surface area contributed by atoms with Crippen molar-refractivity contribution in [3.05, 3.63) is 24.3 Å². The minimum absolute atomic E-state index is 0.702. The Morgan fingerprint density at radius 3 is 2.46 bits per heavy atom. The number of amidine groups is 1. The van der Waals surface area contributed by atoms with Gasteiger partial charge in [-0.2, -0.15) is 4.99 Å². The van der Waals surface area contributed by atoms with Gasteiger partial charge in [0, 0.05) is 55.1 Å². The highest BCUT2D eigenvalue weighted by Crippen LogP contribution is 2.18. The van der Waals surface area contributed by atoms with E-state index in [9.17, 15) is 4.21 Å². The van der Waals surface area contributed by atoms with Crippen molar-refractivity contribution in [2.45, 2.75) is 17.7 Å². The predicted octanol–water partition coefficient (Wildman–Crippen LogP) is 1.87. The number of rotatable bonds is 2. The van der Waals surface area contributed by atoms with Crippen LogP contribution in [0.15, 0.2) is 39.1 Å². The number of nitrogens with zero attached hydrogens (tertiary/aromatic N) is 4. The van der Waals surface area contributed by atoms with Gasteiger partial charge in [0.25, 0.3) is 0 Å². The van der Waals surface area contributed by atoms with E-state index in [0.29, 0.717) is 13.2 Å². The van der Waals surface area contributed by atoms with Crippen molar-refractivity contribution >= 4 is 28.3 Å². The molecule has 24 heavy (non-hydrogen) atoms. The number of hydrogen-bond donors (Lipinski definition) is 0. The molecule has 0 N–H and O–H groups in total. The number of aliphatic imine (C=N–C) groups is 2. The molecule has 1 aromatic rings. The molecule has 0 aromatic heterocycles. The Labute approximate surface area is 145 Å². The Morgan fingerprint density at radius 2 is 1.88 bits per heavy atom. The molecule has 2 aliphatic rings. The molecule has 130 valence electrons. The molecule has 2 aliphatic heterocycles. The summed E-state index contributed by atoms with van der Waals surface area (Å²) in [6.45, 7) is 4.06. The highest BCUT2D eigenvalue weighted by atomic mass is 32.2. The number of likely N-dealkylation sites (tertiary alicyclic amines) is 1. The summed E-state index contributed by atoms with van der Waals surface area (Å²) in [5.74, 6) is 1.83. The molecule has 3 rings (SSSR count). The fourth-order valence-electron chi connectivity index (χ4n) is 2.81. The molecule has 0 radical (unpaired) electrons. The van der Waals surface area contributed by atoms with E-state index in [1.807, 2.05) is 24.3 Å². The Morgan fingerprint density at radius 1 is 1.17 bits per heavy atom. The van der Waals surface area contributed by atoms with Crippen LogP contribution in [0.3, 0.4) is 0 Å². The predicted molar refractivity (Wildman–Crippen MR) is 97.6 cm³/mol. The molecule has 7 heteroatoms. The van der Waals surface area contributed by atoms with Crippen molar-refractivity contribution in [1.82, 2.24) is 9.80 Å². The van der Waals surface area contributed by atoms with Crippen molar-refractivity contribution in [3.8, 4) is 0 Å². The summed E-state index contributed by atoms with van der Waals surface area (Å²) in [4.78, 5) is 14.8. The average Bonchev–Trinajstić information content (AvgIpc) is 3.00. The third-order valence-corrected chi connectivity index (χ3v) is 5.19. The van der Waals surface area contributed by atoms with Gasteiger partial charge in [0.05, 0.1) is 18.9 Å². The molecule has 2 heterocycles. The molecule has 2 saturated heterocycles. The molecule has 1 unspecified atom stereocenters. The number of ether oxygens (including phenoxy) is 1. The van der Waals surface area contributed by atoms with Crippen molar-refractivity contribution in [1.29, 1.82) is 0 Å². The standard InChI is InChI=1S/C17H24N4O2S/c1-20-9-3-4-16(20)19-17(21-10-12-23-13-11-21)18-14-5-7-15(8-6-14)24(2)22/h5-8H,3-4,9-13H2,1-2H3. The quantitative estimate of drug-likeness (QED) is 0.605. The third kappa shape index (κ3) is 4.21. The van der Waals surface area contributed by atoms with Gasteiger partial charge in [0.2, 0.25) is 5.96 Å². The topological polar surface area (TPSA) is 57.5 Å². The van der Waals surface area contributed by atoms with Gasteiger partial charge >= 0.3 is 0 Å². The summed E-state index contributed by atoms with van der Waals surface area (Å²) in [7, 11) is 1.11. The minimum atomic E-state index is -0.972. The van der Waals surface area contributed by atoms with Crippen LogP contribution < -0.4 is 0 Å². The van der Waals surface area contributed by atoms with E-state index in [2.05, 4.69) is 16.8 Å². The monoisotopic (exact) mass is 348 g/mol. The zero-order valence-electron chi connectivity index (χ0n) is 14.3. The molecule has 0 bridgehead atoms. The van der Waals surface area contributed by atoms with Crippen LogP contribution in [0, 0.1) is 0 Å². The maximum Gasteiger partial charge on any atom is 0.227 e. The SMILES string of the molecule is CN1CCCC1=NC(=Nc1ccc(S(C)=O)cc1)N1CCOCC1. The molecule has 0 amide bonds. The highest BCUT2D eigenvalue weighted by Gasteiger charge is 2.19. The lowest BCUT2D eigenvalue weighted by Gasteiger charge is -2.28. The van der Waals surface area contributed by atoms with Gasteiger partial charge in [0.1, 0.15) is 5.84 Å². The first-order chi connectivity index (χ1) is 11.6. The first-order valence-corrected chi connectivity index (χ1v) is 9.83. The molecule has 6 nitrogen and oxygen atoms in total. The summed E-state index contributed by atoms with van der Waals surface area (Å²) < 4.78 is 17.0. The zero-order chi connectivity index (χ0) is 16.9. The van der Waals surface area contributed by atoms with E-state index in [1.54, 1.807) is 6.26 Å². The molecule has 0 spiro atoms.